The van der Waals surface area contributed by atoms with E-state index in [1.807, 2.05) is 17.9 Å². The minimum Gasteiger partial charge on any atom is -0.372 e. The lowest BCUT2D eigenvalue weighted by molar-refractivity contribution is -0.0651. The van der Waals surface area contributed by atoms with Gasteiger partial charge in [-0.25, -0.2) is 4.79 Å². The lowest BCUT2D eigenvalue weighted by Crippen LogP contribution is -2.53. The third-order valence-electron chi connectivity index (χ3n) is 5.13. The summed E-state index contributed by atoms with van der Waals surface area (Å²) in [7, 11) is 0. The van der Waals surface area contributed by atoms with E-state index in [4.69, 9.17) is 4.74 Å². The molecule has 2 amide bonds. The van der Waals surface area contributed by atoms with Crippen molar-refractivity contribution in [2.75, 3.05) is 13.1 Å². The Morgan fingerprint density at radius 2 is 2.04 bits per heavy atom. The first-order valence-electron chi connectivity index (χ1n) is 8.93. The molecular weight excluding hydrogens is 288 g/mol. The molecule has 2 aliphatic rings. The number of hydrogen-bond donors (Lipinski definition) is 1. The highest BCUT2D eigenvalue weighted by Gasteiger charge is 2.33. The fraction of sp³-hybridized carbons (Fsp3) is 0.632. The Morgan fingerprint density at radius 3 is 2.65 bits per heavy atom. The maximum atomic E-state index is 12.8. The smallest absolute Gasteiger partial charge is 0.318 e. The van der Waals surface area contributed by atoms with Crippen molar-refractivity contribution in [3.05, 3.63) is 35.9 Å². The van der Waals surface area contributed by atoms with Crippen LogP contribution in [-0.4, -0.2) is 36.2 Å². The van der Waals surface area contributed by atoms with E-state index in [0.717, 1.165) is 6.42 Å². The molecule has 1 aliphatic heterocycles. The van der Waals surface area contributed by atoms with Gasteiger partial charge in [-0.05, 0) is 37.7 Å². The maximum absolute atomic E-state index is 12.8. The van der Waals surface area contributed by atoms with Crippen LogP contribution in [0.2, 0.25) is 0 Å². The molecule has 0 spiro atoms. The van der Waals surface area contributed by atoms with E-state index in [-0.39, 0.29) is 24.3 Å². The second kappa shape index (κ2) is 7.35. The second-order valence-corrected chi connectivity index (χ2v) is 6.91. The lowest BCUT2D eigenvalue weighted by atomic mass is 9.77. The zero-order chi connectivity index (χ0) is 16.2. The number of benzene rings is 1. The van der Waals surface area contributed by atoms with Gasteiger partial charge < -0.3 is 15.0 Å². The first kappa shape index (κ1) is 16.3. The third-order valence-corrected chi connectivity index (χ3v) is 5.13. The van der Waals surface area contributed by atoms with Gasteiger partial charge in [-0.2, -0.15) is 0 Å². The van der Waals surface area contributed by atoms with Gasteiger partial charge in [0.15, 0.2) is 0 Å². The maximum Gasteiger partial charge on any atom is 0.318 e. The molecule has 1 saturated heterocycles. The van der Waals surface area contributed by atoms with Crippen LogP contribution >= 0.6 is 0 Å². The van der Waals surface area contributed by atoms with E-state index < -0.39 is 0 Å². The molecule has 1 heterocycles. The van der Waals surface area contributed by atoms with Gasteiger partial charge in [0.05, 0.1) is 18.2 Å². The van der Waals surface area contributed by atoms with Crippen molar-refractivity contribution in [3.63, 3.8) is 0 Å². The molecule has 1 N–H and O–H groups in total. The van der Waals surface area contributed by atoms with Gasteiger partial charge >= 0.3 is 6.03 Å². The molecule has 1 aliphatic carbocycles. The standard InChI is InChI=1S/C19H28N2O2/c1-3-17-13-21(12-14(2)23-17)19(22)20-18(16-10-7-11-16)15-8-5-4-6-9-15/h4-6,8-9,14,16-18H,3,7,10-13H2,1-2H3,(H,20,22). The fourth-order valence-electron chi connectivity index (χ4n) is 3.57. The molecule has 3 unspecified atom stereocenters. The average molecular weight is 316 g/mol. The molecule has 3 rings (SSSR count). The van der Waals surface area contributed by atoms with Crippen LogP contribution < -0.4 is 5.32 Å². The first-order chi connectivity index (χ1) is 11.2. The molecule has 3 atom stereocenters. The Kier molecular flexibility index (Phi) is 5.21. The highest BCUT2D eigenvalue weighted by atomic mass is 16.5. The van der Waals surface area contributed by atoms with Crippen LogP contribution in [0.4, 0.5) is 4.79 Å². The van der Waals surface area contributed by atoms with Crippen molar-refractivity contribution in [3.8, 4) is 0 Å². The van der Waals surface area contributed by atoms with Gasteiger partial charge in [-0.1, -0.05) is 43.7 Å². The SMILES string of the molecule is CCC1CN(C(=O)NC(c2ccccc2)C2CCC2)CC(C)O1. The van der Waals surface area contributed by atoms with Crippen LogP contribution in [0.3, 0.4) is 0 Å². The average Bonchev–Trinajstić information content (AvgIpc) is 2.52. The number of urea groups is 1. The Balaban J connectivity index is 1.68. The van der Waals surface area contributed by atoms with Crippen molar-refractivity contribution in [1.29, 1.82) is 0 Å². The van der Waals surface area contributed by atoms with Crippen molar-refractivity contribution in [1.82, 2.24) is 10.2 Å². The number of rotatable bonds is 4. The Bertz CT molecular complexity index is 515. The van der Waals surface area contributed by atoms with E-state index in [2.05, 4.69) is 36.5 Å². The number of hydrogen-bond acceptors (Lipinski definition) is 2. The molecule has 1 aromatic rings. The molecule has 1 aromatic carbocycles. The molecule has 4 nitrogen and oxygen atoms in total. The summed E-state index contributed by atoms with van der Waals surface area (Å²) in [4.78, 5) is 14.7. The predicted octanol–water partition coefficient (Wildman–Crippen LogP) is 3.74. The molecule has 4 heteroatoms. The van der Waals surface area contributed by atoms with Crippen molar-refractivity contribution in [2.24, 2.45) is 5.92 Å². The van der Waals surface area contributed by atoms with Gasteiger partial charge in [0.1, 0.15) is 0 Å². The van der Waals surface area contributed by atoms with Crippen molar-refractivity contribution < 1.29 is 9.53 Å². The number of carbonyl (C=O) groups excluding carboxylic acids is 1. The number of nitrogens with one attached hydrogen (secondary N) is 1. The van der Waals surface area contributed by atoms with E-state index >= 15 is 0 Å². The van der Waals surface area contributed by atoms with Crippen LogP contribution in [0.25, 0.3) is 0 Å². The molecule has 0 radical (unpaired) electrons. The molecule has 2 fully saturated rings. The van der Waals surface area contributed by atoms with Crippen LogP contribution in [0.1, 0.15) is 51.1 Å². The number of morpholine rings is 1. The third kappa shape index (κ3) is 3.86. The van der Waals surface area contributed by atoms with Gasteiger partial charge in [0.2, 0.25) is 0 Å². The summed E-state index contributed by atoms with van der Waals surface area (Å²) < 4.78 is 5.86. The monoisotopic (exact) mass is 316 g/mol. The number of nitrogens with zero attached hydrogens (tertiary/aromatic N) is 1. The molecule has 0 bridgehead atoms. The second-order valence-electron chi connectivity index (χ2n) is 6.91. The summed E-state index contributed by atoms with van der Waals surface area (Å²) in [5, 5.41) is 3.30. The van der Waals surface area contributed by atoms with Crippen LogP contribution in [-0.2, 0) is 4.74 Å². The molecular formula is C19H28N2O2. The highest BCUT2D eigenvalue weighted by Crippen LogP contribution is 2.37. The number of ether oxygens (including phenoxy) is 1. The molecule has 1 saturated carbocycles. The predicted molar refractivity (Wildman–Crippen MR) is 91.3 cm³/mol. The molecule has 126 valence electrons. The normalized spacial score (nSPS) is 26.4. The van der Waals surface area contributed by atoms with Crippen LogP contribution in [0.5, 0.6) is 0 Å². The Hall–Kier alpha value is -1.55. The topological polar surface area (TPSA) is 41.6 Å². The Morgan fingerprint density at radius 1 is 1.30 bits per heavy atom. The minimum absolute atomic E-state index is 0.0550. The van der Waals surface area contributed by atoms with E-state index in [0.29, 0.717) is 19.0 Å². The zero-order valence-electron chi connectivity index (χ0n) is 14.2. The van der Waals surface area contributed by atoms with Gasteiger partial charge in [0.25, 0.3) is 0 Å². The molecule has 23 heavy (non-hydrogen) atoms. The summed E-state index contributed by atoms with van der Waals surface area (Å²) in [5.74, 6) is 0.571. The lowest BCUT2D eigenvalue weighted by Gasteiger charge is -2.39. The number of carbonyl (C=O) groups is 1. The van der Waals surface area contributed by atoms with Gasteiger partial charge in [-0.3, -0.25) is 0 Å². The van der Waals surface area contributed by atoms with Crippen LogP contribution in [0, 0.1) is 5.92 Å². The largest absolute Gasteiger partial charge is 0.372 e. The van der Waals surface area contributed by atoms with Crippen molar-refractivity contribution >= 4 is 6.03 Å². The number of amides is 2. The van der Waals surface area contributed by atoms with E-state index in [1.54, 1.807) is 0 Å². The summed E-state index contributed by atoms with van der Waals surface area (Å²) in [6.45, 7) is 5.52. The van der Waals surface area contributed by atoms with Crippen LogP contribution in [0.15, 0.2) is 30.3 Å². The summed E-state index contributed by atoms with van der Waals surface area (Å²) in [6.07, 6.45) is 4.89. The quantitative estimate of drug-likeness (QED) is 0.919. The van der Waals surface area contributed by atoms with Crippen molar-refractivity contribution in [2.45, 2.75) is 57.8 Å². The molecule has 0 aromatic heterocycles. The van der Waals surface area contributed by atoms with E-state index in [9.17, 15) is 4.79 Å². The first-order valence-corrected chi connectivity index (χ1v) is 8.93. The minimum atomic E-state index is 0.0550. The fourth-order valence-corrected chi connectivity index (χ4v) is 3.57. The summed E-state index contributed by atoms with van der Waals surface area (Å²) in [5.41, 5.74) is 1.22. The zero-order valence-corrected chi connectivity index (χ0v) is 14.2. The van der Waals surface area contributed by atoms with E-state index in [1.165, 1.54) is 24.8 Å². The Labute approximate surface area is 139 Å². The highest BCUT2D eigenvalue weighted by molar-refractivity contribution is 5.75. The van der Waals surface area contributed by atoms with Gasteiger partial charge in [0, 0.05) is 13.1 Å². The summed E-state index contributed by atoms with van der Waals surface area (Å²) in [6, 6.07) is 10.6. The van der Waals surface area contributed by atoms with Gasteiger partial charge in [-0.15, -0.1) is 0 Å². The summed E-state index contributed by atoms with van der Waals surface area (Å²) >= 11 is 0.